The minimum Gasteiger partial charge on any atom is -0.507 e. The summed E-state index contributed by atoms with van der Waals surface area (Å²) in [6.07, 6.45) is 0.899. The average molecular weight is 248 g/mol. The first-order valence-corrected chi connectivity index (χ1v) is 5.22. The highest BCUT2D eigenvalue weighted by atomic mass is 35.5. The van der Waals surface area contributed by atoms with Crippen molar-refractivity contribution in [2.45, 2.75) is 33.2 Å². The molecule has 0 saturated heterocycles. The zero-order chi connectivity index (χ0) is 11.6. The predicted octanol–water partition coefficient (Wildman–Crippen LogP) is 3.31. The molecule has 4 heteroatoms. The minimum absolute atomic E-state index is 0. The Morgan fingerprint density at radius 3 is 2.50 bits per heavy atom. The fraction of sp³-hybridized carbons (Fsp3) is 0.500. The highest BCUT2D eigenvalue weighted by Gasteiger charge is 2.18. The molecule has 2 nitrogen and oxygen atoms in total. The van der Waals surface area contributed by atoms with Gasteiger partial charge in [-0.15, -0.1) is 12.4 Å². The summed E-state index contributed by atoms with van der Waals surface area (Å²) >= 11 is 0. The molecule has 0 bridgehead atoms. The van der Waals surface area contributed by atoms with Crippen molar-refractivity contribution in [3.63, 3.8) is 0 Å². The van der Waals surface area contributed by atoms with Crippen molar-refractivity contribution in [1.29, 1.82) is 0 Å². The summed E-state index contributed by atoms with van der Waals surface area (Å²) in [6, 6.07) is 2.31. The summed E-state index contributed by atoms with van der Waals surface area (Å²) in [5, 5.41) is 9.79. The van der Waals surface area contributed by atoms with Gasteiger partial charge in [-0.1, -0.05) is 20.3 Å². The molecule has 1 rings (SSSR count). The Balaban J connectivity index is 0.00000225. The van der Waals surface area contributed by atoms with Crippen molar-refractivity contribution in [3.8, 4) is 5.75 Å². The molecule has 2 atom stereocenters. The third-order valence-electron chi connectivity index (χ3n) is 2.91. The van der Waals surface area contributed by atoms with E-state index >= 15 is 0 Å². The molecule has 0 aliphatic rings. The Morgan fingerprint density at radius 2 is 2.00 bits per heavy atom. The molecule has 0 aliphatic carbocycles. The van der Waals surface area contributed by atoms with Gasteiger partial charge in [-0.2, -0.15) is 0 Å². The number of hydrogen-bond donors (Lipinski definition) is 2. The molecule has 0 aliphatic heterocycles. The van der Waals surface area contributed by atoms with Crippen LogP contribution in [0.1, 0.15) is 37.4 Å². The number of phenols is 1. The number of aromatic hydroxyl groups is 1. The van der Waals surface area contributed by atoms with E-state index in [1.54, 1.807) is 6.92 Å². The lowest BCUT2D eigenvalue weighted by Crippen LogP contribution is -2.19. The Hall–Kier alpha value is -0.800. The summed E-state index contributed by atoms with van der Waals surface area (Å²) in [4.78, 5) is 0. The number of rotatable bonds is 3. The van der Waals surface area contributed by atoms with Gasteiger partial charge in [0.25, 0.3) is 0 Å². The maximum atomic E-state index is 13.2. The number of hydrogen-bond acceptors (Lipinski definition) is 2. The van der Waals surface area contributed by atoms with Crippen molar-refractivity contribution in [1.82, 2.24) is 0 Å². The Morgan fingerprint density at radius 1 is 1.44 bits per heavy atom. The second-order valence-electron chi connectivity index (χ2n) is 4.07. The Bertz CT molecular complexity index is 357. The summed E-state index contributed by atoms with van der Waals surface area (Å²) in [5.74, 6) is -0.0136. The molecule has 0 radical (unpaired) electrons. The first-order valence-electron chi connectivity index (χ1n) is 5.22. The predicted molar refractivity (Wildman–Crippen MR) is 66.4 cm³/mol. The molecule has 92 valence electrons. The highest BCUT2D eigenvalue weighted by Crippen LogP contribution is 2.32. The van der Waals surface area contributed by atoms with E-state index in [1.165, 1.54) is 12.1 Å². The van der Waals surface area contributed by atoms with Gasteiger partial charge in [-0.3, -0.25) is 0 Å². The number of aryl methyl sites for hydroxylation is 1. The maximum Gasteiger partial charge on any atom is 0.124 e. The first kappa shape index (κ1) is 15.2. The van der Waals surface area contributed by atoms with Gasteiger partial charge in [0.05, 0.1) is 0 Å². The van der Waals surface area contributed by atoms with Gasteiger partial charge in [0.15, 0.2) is 0 Å². The van der Waals surface area contributed by atoms with E-state index in [0.29, 0.717) is 11.1 Å². The quantitative estimate of drug-likeness (QED) is 0.861. The van der Waals surface area contributed by atoms with Crippen LogP contribution in [0, 0.1) is 18.7 Å². The lowest BCUT2D eigenvalue weighted by molar-refractivity contribution is 0.414. The van der Waals surface area contributed by atoms with Crippen LogP contribution in [-0.2, 0) is 0 Å². The molecule has 1 aromatic carbocycles. The number of nitrogens with two attached hydrogens (primary N) is 1. The number of benzene rings is 1. The second kappa shape index (κ2) is 6.06. The smallest absolute Gasteiger partial charge is 0.124 e. The van der Waals surface area contributed by atoms with E-state index in [0.717, 1.165) is 6.42 Å². The van der Waals surface area contributed by atoms with Crippen LogP contribution < -0.4 is 5.73 Å². The normalized spacial score (nSPS) is 14.1. The maximum absolute atomic E-state index is 13.2. The van der Waals surface area contributed by atoms with Gasteiger partial charge < -0.3 is 10.8 Å². The molecule has 1 unspecified atom stereocenters. The fourth-order valence-corrected chi connectivity index (χ4v) is 1.58. The van der Waals surface area contributed by atoms with Crippen LogP contribution in [0.2, 0.25) is 0 Å². The summed E-state index contributed by atoms with van der Waals surface area (Å²) in [5.41, 5.74) is 6.99. The summed E-state index contributed by atoms with van der Waals surface area (Å²) < 4.78 is 13.2. The highest BCUT2D eigenvalue weighted by molar-refractivity contribution is 5.85. The van der Waals surface area contributed by atoms with E-state index < -0.39 is 0 Å². The van der Waals surface area contributed by atoms with Crippen LogP contribution in [0.15, 0.2) is 12.1 Å². The summed E-state index contributed by atoms with van der Waals surface area (Å²) in [7, 11) is 0. The van der Waals surface area contributed by atoms with Gasteiger partial charge in [-0.25, -0.2) is 4.39 Å². The van der Waals surface area contributed by atoms with Gasteiger partial charge in [0, 0.05) is 11.6 Å². The van der Waals surface area contributed by atoms with Crippen molar-refractivity contribution in [2.24, 2.45) is 11.7 Å². The fourth-order valence-electron chi connectivity index (χ4n) is 1.58. The molecule has 0 heterocycles. The molecule has 0 saturated carbocycles. The van der Waals surface area contributed by atoms with E-state index in [2.05, 4.69) is 0 Å². The second-order valence-corrected chi connectivity index (χ2v) is 4.07. The molecular weight excluding hydrogens is 229 g/mol. The topological polar surface area (TPSA) is 46.2 Å². The van der Waals surface area contributed by atoms with Crippen molar-refractivity contribution in [3.05, 3.63) is 29.1 Å². The third kappa shape index (κ3) is 3.09. The van der Waals surface area contributed by atoms with Crippen LogP contribution in [-0.4, -0.2) is 5.11 Å². The average Bonchev–Trinajstić information content (AvgIpc) is 2.21. The van der Waals surface area contributed by atoms with Gasteiger partial charge in [-0.05, 0) is 30.5 Å². The zero-order valence-corrected chi connectivity index (χ0v) is 10.6. The molecule has 1 aromatic rings. The van der Waals surface area contributed by atoms with E-state index in [-0.39, 0.29) is 35.9 Å². The Kier molecular flexibility index (Phi) is 5.76. The van der Waals surface area contributed by atoms with Crippen LogP contribution in [0.5, 0.6) is 5.75 Å². The molecule has 0 aromatic heterocycles. The monoisotopic (exact) mass is 247 g/mol. The molecule has 0 spiro atoms. The van der Waals surface area contributed by atoms with Crippen LogP contribution in [0.25, 0.3) is 0 Å². The van der Waals surface area contributed by atoms with Crippen LogP contribution in [0.4, 0.5) is 4.39 Å². The van der Waals surface area contributed by atoms with E-state index in [1.807, 2.05) is 13.8 Å². The van der Waals surface area contributed by atoms with Crippen LogP contribution in [0.3, 0.4) is 0 Å². The van der Waals surface area contributed by atoms with Gasteiger partial charge in [0.1, 0.15) is 11.6 Å². The van der Waals surface area contributed by atoms with Crippen molar-refractivity contribution >= 4 is 12.4 Å². The standard InChI is InChI=1S/C12H18FNO.ClH/c1-4-7(2)11(14)10-6-9(13)5-8(3)12(10)15;/h5-7,11,15H,4,14H2,1-3H3;1H/t7?,11-;/m0./s1. The third-order valence-corrected chi connectivity index (χ3v) is 2.91. The molecular formula is C12H19ClFNO. The Labute approximate surface area is 102 Å². The van der Waals surface area contributed by atoms with E-state index in [9.17, 15) is 9.50 Å². The lowest BCUT2D eigenvalue weighted by atomic mass is 9.91. The minimum atomic E-state index is -0.348. The van der Waals surface area contributed by atoms with E-state index in [4.69, 9.17) is 5.73 Å². The lowest BCUT2D eigenvalue weighted by Gasteiger charge is -2.20. The molecule has 0 fully saturated rings. The number of phenolic OH excluding ortho intramolecular Hbond substituents is 1. The van der Waals surface area contributed by atoms with Gasteiger partial charge in [0.2, 0.25) is 0 Å². The first-order chi connectivity index (χ1) is 6.97. The largest absolute Gasteiger partial charge is 0.507 e. The summed E-state index contributed by atoms with van der Waals surface area (Å²) in [6.45, 7) is 5.68. The SMILES string of the molecule is CCC(C)[C@H](N)c1cc(F)cc(C)c1O.Cl. The van der Waals surface area contributed by atoms with Crippen LogP contribution >= 0.6 is 12.4 Å². The zero-order valence-electron chi connectivity index (χ0n) is 9.83. The molecule has 16 heavy (non-hydrogen) atoms. The molecule has 0 amide bonds. The molecule has 3 N–H and O–H groups in total. The van der Waals surface area contributed by atoms with Gasteiger partial charge >= 0.3 is 0 Å². The number of halogens is 2. The van der Waals surface area contributed by atoms with Crippen molar-refractivity contribution < 1.29 is 9.50 Å². The van der Waals surface area contributed by atoms with Crippen molar-refractivity contribution in [2.75, 3.05) is 0 Å².